The van der Waals surface area contributed by atoms with E-state index in [-0.39, 0.29) is 35.7 Å². The fraction of sp³-hybridized carbons (Fsp3) is 0.333. The minimum Gasteiger partial charge on any atom is -0.350 e. The van der Waals surface area contributed by atoms with Crippen LogP contribution in [0.5, 0.6) is 0 Å². The third-order valence-corrected chi connectivity index (χ3v) is 6.38. The number of nitrogens with one attached hydrogen (secondary N) is 1. The zero-order valence-electron chi connectivity index (χ0n) is 18.3. The number of carbonyl (C=O) groups is 4. The molecule has 4 rings (SSSR count). The highest BCUT2D eigenvalue weighted by Crippen LogP contribution is 2.26. The maximum absolute atomic E-state index is 13.1. The van der Waals surface area contributed by atoms with Gasteiger partial charge >= 0.3 is 0 Å². The van der Waals surface area contributed by atoms with Crippen LogP contribution in [0.15, 0.2) is 48.5 Å². The van der Waals surface area contributed by atoms with Gasteiger partial charge in [-0.05, 0) is 50.6 Å². The Balaban J connectivity index is 1.45. The Hall–Kier alpha value is -3.13. The fourth-order valence-electron chi connectivity index (χ4n) is 3.80. The zero-order valence-corrected chi connectivity index (χ0v) is 19.1. The van der Waals surface area contributed by atoms with Crippen LogP contribution in [0.25, 0.3) is 0 Å². The maximum Gasteiger partial charge on any atom is 0.261 e. The lowest BCUT2D eigenvalue weighted by molar-refractivity contribution is -0.125. The summed E-state index contributed by atoms with van der Waals surface area (Å²) in [7, 11) is 0. The molecule has 1 saturated heterocycles. The van der Waals surface area contributed by atoms with E-state index in [4.69, 9.17) is 0 Å². The van der Waals surface area contributed by atoms with Crippen molar-refractivity contribution >= 4 is 35.4 Å². The highest BCUT2D eigenvalue weighted by Gasteiger charge is 2.37. The highest BCUT2D eigenvalue weighted by atomic mass is 32.2. The van der Waals surface area contributed by atoms with Crippen LogP contribution < -0.4 is 5.32 Å². The maximum atomic E-state index is 13.1. The molecule has 2 aromatic carbocycles. The summed E-state index contributed by atoms with van der Waals surface area (Å²) in [5.74, 6) is 0.0260. The summed E-state index contributed by atoms with van der Waals surface area (Å²) < 4.78 is 0. The van der Waals surface area contributed by atoms with E-state index < -0.39 is 6.04 Å². The van der Waals surface area contributed by atoms with Gasteiger partial charge in [0.05, 0.1) is 23.5 Å². The molecule has 1 fully saturated rings. The van der Waals surface area contributed by atoms with Crippen LogP contribution >= 0.6 is 11.8 Å². The molecule has 1 atom stereocenters. The Kier molecular flexibility index (Phi) is 5.81. The molecule has 2 aliphatic heterocycles. The quantitative estimate of drug-likeness (QED) is 0.723. The van der Waals surface area contributed by atoms with E-state index in [2.05, 4.69) is 5.32 Å². The van der Waals surface area contributed by atoms with E-state index in [1.165, 1.54) is 4.90 Å². The minimum absolute atomic E-state index is 0.136. The van der Waals surface area contributed by atoms with Crippen molar-refractivity contribution in [2.45, 2.75) is 38.9 Å². The molecule has 2 heterocycles. The Morgan fingerprint density at radius 1 is 1.00 bits per heavy atom. The molecule has 0 bridgehead atoms. The Labute approximate surface area is 191 Å². The first-order valence-electron chi connectivity index (χ1n) is 10.4. The summed E-state index contributed by atoms with van der Waals surface area (Å²) in [6, 6.07) is 13.1. The molecule has 1 N–H and O–H groups in total. The van der Waals surface area contributed by atoms with Crippen molar-refractivity contribution in [1.29, 1.82) is 0 Å². The van der Waals surface area contributed by atoms with Gasteiger partial charge in [0.15, 0.2) is 0 Å². The van der Waals surface area contributed by atoms with E-state index in [1.807, 2.05) is 20.8 Å². The molecule has 2 aliphatic rings. The standard InChI is InChI=1S/C24H25N3O4S/c1-24(2,3)25-20(28)19-13-32-14-27(19)21(29)16-10-8-15(9-11-16)12-26-22(30)17-6-4-5-7-18(17)23(26)31/h4-11,19H,12-14H2,1-3H3,(H,25,28). The van der Waals surface area contributed by atoms with Crippen molar-refractivity contribution in [3.8, 4) is 0 Å². The molecule has 1 unspecified atom stereocenters. The van der Waals surface area contributed by atoms with Gasteiger partial charge in [0.1, 0.15) is 6.04 Å². The van der Waals surface area contributed by atoms with Gasteiger partial charge in [0.2, 0.25) is 5.91 Å². The van der Waals surface area contributed by atoms with E-state index in [9.17, 15) is 19.2 Å². The summed E-state index contributed by atoms with van der Waals surface area (Å²) in [6.45, 7) is 5.86. The van der Waals surface area contributed by atoms with Crippen molar-refractivity contribution in [1.82, 2.24) is 15.1 Å². The van der Waals surface area contributed by atoms with Gasteiger partial charge in [0.25, 0.3) is 17.7 Å². The Morgan fingerprint density at radius 3 is 2.16 bits per heavy atom. The average molecular weight is 452 g/mol. The predicted octanol–water partition coefficient (Wildman–Crippen LogP) is 2.91. The fourth-order valence-corrected chi connectivity index (χ4v) is 4.95. The summed E-state index contributed by atoms with van der Waals surface area (Å²) in [6.07, 6.45) is 0. The molecule has 2 aromatic rings. The second-order valence-electron chi connectivity index (χ2n) is 8.97. The van der Waals surface area contributed by atoms with Crippen LogP contribution in [0.4, 0.5) is 0 Å². The number of imide groups is 1. The molecule has 0 aromatic heterocycles. The number of benzene rings is 2. The van der Waals surface area contributed by atoms with Crippen molar-refractivity contribution < 1.29 is 19.2 Å². The molecule has 0 spiro atoms. The second kappa shape index (κ2) is 8.43. The SMILES string of the molecule is CC(C)(C)NC(=O)C1CSCN1C(=O)c1ccc(CN2C(=O)c3ccccc3C2=O)cc1. The molecule has 0 saturated carbocycles. The zero-order chi connectivity index (χ0) is 23.0. The number of nitrogens with zero attached hydrogens (tertiary/aromatic N) is 2. The largest absolute Gasteiger partial charge is 0.350 e. The Morgan fingerprint density at radius 2 is 1.59 bits per heavy atom. The number of rotatable bonds is 4. The van der Waals surface area contributed by atoms with Gasteiger partial charge in [-0.2, -0.15) is 0 Å². The number of hydrogen-bond donors (Lipinski definition) is 1. The predicted molar refractivity (Wildman–Crippen MR) is 122 cm³/mol. The van der Waals surface area contributed by atoms with Crippen LogP contribution in [-0.2, 0) is 11.3 Å². The molecular weight excluding hydrogens is 426 g/mol. The summed E-state index contributed by atoms with van der Waals surface area (Å²) in [4.78, 5) is 53.6. The van der Waals surface area contributed by atoms with Crippen LogP contribution in [0.2, 0.25) is 0 Å². The van der Waals surface area contributed by atoms with E-state index >= 15 is 0 Å². The normalized spacial score (nSPS) is 18.2. The summed E-state index contributed by atoms with van der Waals surface area (Å²) in [5.41, 5.74) is 1.66. The molecule has 0 aliphatic carbocycles. The van der Waals surface area contributed by atoms with Crippen molar-refractivity contribution in [2.24, 2.45) is 0 Å². The van der Waals surface area contributed by atoms with Crippen LogP contribution in [0, 0.1) is 0 Å². The number of amides is 4. The van der Waals surface area contributed by atoms with Gasteiger partial charge < -0.3 is 10.2 Å². The first-order valence-corrected chi connectivity index (χ1v) is 11.6. The summed E-state index contributed by atoms with van der Waals surface area (Å²) in [5, 5.41) is 2.95. The van der Waals surface area contributed by atoms with E-state index in [0.29, 0.717) is 28.3 Å². The smallest absolute Gasteiger partial charge is 0.261 e. The van der Waals surface area contributed by atoms with Crippen molar-refractivity contribution in [3.05, 3.63) is 70.8 Å². The number of fused-ring (bicyclic) bond motifs is 1. The molecule has 4 amide bonds. The molecule has 32 heavy (non-hydrogen) atoms. The monoisotopic (exact) mass is 451 g/mol. The van der Waals surface area contributed by atoms with Gasteiger partial charge in [-0.15, -0.1) is 11.8 Å². The molecule has 166 valence electrons. The lowest BCUT2D eigenvalue weighted by atomic mass is 10.1. The second-order valence-corrected chi connectivity index (χ2v) is 9.97. The van der Waals surface area contributed by atoms with Crippen LogP contribution in [0.1, 0.15) is 57.4 Å². The van der Waals surface area contributed by atoms with Gasteiger partial charge in [-0.3, -0.25) is 24.1 Å². The molecule has 0 radical (unpaired) electrons. The van der Waals surface area contributed by atoms with Crippen molar-refractivity contribution in [3.63, 3.8) is 0 Å². The first kappa shape index (κ1) is 22.1. The number of hydrogen-bond acceptors (Lipinski definition) is 5. The van der Waals surface area contributed by atoms with E-state index in [1.54, 1.807) is 65.2 Å². The van der Waals surface area contributed by atoms with Crippen LogP contribution in [-0.4, -0.2) is 56.6 Å². The molecule has 8 heteroatoms. The number of carbonyl (C=O) groups excluding carboxylic acids is 4. The average Bonchev–Trinajstić information content (AvgIpc) is 3.33. The van der Waals surface area contributed by atoms with E-state index in [0.717, 1.165) is 5.56 Å². The van der Waals surface area contributed by atoms with Crippen LogP contribution in [0.3, 0.4) is 0 Å². The molecule has 7 nitrogen and oxygen atoms in total. The Bertz CT molecular complexity index is 1060. The third-order valence-electron chi connectivity index (χ3n) is 5.36. The first-order chi connectivity index (χ1) is 15.2. The lowest BCUT2D eigenvalue weighted by Gasteiger charge is -2.27. The lowest BCUT2D eigenvalue weighted by Crippen LogP contribution is -2.52. The molecular formula is C24H25N3O4S. The topological polar surface area (TPSA) is 86.8 Å². The highest BCUT2D eigenvalue weighted by molar-refractivity contribution is 7.99. The van der Waals surface area contributed by atoms with Gasteiger partial charge in [-0.1, -0.05) is 24.3 Å². The minimum atomic E-state index is -0.509. The summed E-state index contributed by atoms with van der Waals surface area (Å²) >= 11 is 1.55. The van der Waals surface area contributed by atoms with Gasteiger partial charge in [0, 0.05) is 16.9 Å². The van der Waals surface area contributed by atoms with Crippen molar-refractivity contribution in [2.75, 3.05) is 11.6 Å². The van der Waals surface area contributed by atoms with Gasteiger partial charge in [-0.25, -0.2) is 0 Å². The number of thioether (sulfide) groups is 1. The third kappa shape index (κ3) is 4.27.